The fraction of sp³-hybridized carbons (Fsp3) is 0.655. The van der Waals surface area contributed by atoms with Crippen LogP contribution in [0.2, 0.25) is 0 Å². The average molecular weight is 900 g/mol. The summed E-state index contributed by atoms with van der Waals surface area (Å²) in [4.78, 5) is 0. The van der Waals surface area contributed by atoms with Crippen molar-refractivity contribution in [1.82, 2.24) is 0 Å². The number of hydrogen-bond donors (Lipinski definition) is 0. The molecule has 0 heterocycles. The molecule has 62 heavy (non-hydrogen) atoms. The van der Waals surface area contributed by atoms with E-state index in [0.29, 0.717) is 13.2 Å². The first-order chi connectivity index (χ1) is 29.8. The molecule has 0 amide bonds. The predicted molar refractivity (Wildman–Crippen MR) is 280 cm³/mol. The Morgan fingerprint density at radius 1 is 0.290 bits per heavy atom. The third-order valence-corrected chi connectivity index (χ3v) is 13.1. The molecule has 338 valence electrons. The second-order valence-corrected chi connectivity index (χ2v) is 18.4. The zero-order valence-electron chi connectivity index (χ0n) is 39.2. The van der Waals surface area contributed by atoms with Crippen molar-refractivity contribution >= 4 is 124 Å². The van der Waals surface area contributed by atoms with Crippen LogP contribution >= 0.6 is 0 Å². The third-order valence-electron chi connectivity index (χ3n) is 13.1. The molecule has 0 spiro atoms. The SMILES string of the molecule is CCCCCCCCCCCCCCCCCCc1ccc2ccccc2c1OCCOc1c(CCCCCCCCCCCCCCCCCC)ccc2ccccc12.[KH].[KH]. The van der Waals surface area contributed by atoms with E-state index in [0.717, 1.165) is 24.3 Å². The molecule has 0 aromatic heterocycles. The van der Waals surface area contributed by atoms with Gasteiger partial charge in [-0.1, -0.05) is 279 Å². The summed E-state index contributed by atoms with van der Waals surface area (Å²) < 4.78 is 13.3. The van der Waals surface area contributed by atoms with Gasteiger partial charge in [0.05, 0.1) is 0 Å². The van der Waals surface area contributed by atoms with E-state index in [2.05, 4.69) is 86.6 Å². The summed E-state index contributed by atoms with van der Waals surface area (Å²) >= 11 is 0. The van der Waals surface area contributed by atoms with Gasteiger partial charge in [-0.25, -0.2) is 0 Å². The molecule has 0 fully saturated rings. The van der Waals surface area contributed by atoms with Gasteiger partial charge in [0, 0.05) is 10.8 Å². The van der Waals surface area contributed by atoms with E-state index < -0.39 is 0 Å². The summed E-state index contributed by atoms with van der Waals surface area (Å²) in [6.07, 6.45) is 47.0. The second kappa shape index (κ2) is 40.4. The average Bonchev–Trinajstić information content (AvgIpc) is 3.28. The number of unbranched alkanes of at least 4 members (excludes halogenated alkanes) is 30. The van der Waals surface area contributed by atoms with Crippen LogP contribution in [-0.4, -0.2) is 116 Å². The summed E-state index contributed by atoms with van der Waals surface area (Å²) in [6.45, 7) is 5.69. The molecule has 0 radical (unpaired) electrons. The Bertz CT molecular complexity index is 1510. The first-order valence-electron chi connectivity index (χ1n) is 26.1. The fourth-order valence-electron chi connectivity index (χ4n) is 9.33. The van der Waals surface area contributed by atoms with Crippen LogP contribution < -0.4 is 9.47 Å². The van der Waals surface area contributed by atoms with Crippen molar-refractivity contribution in [3.05, 3.63) is 83.9 Å². The Hall–Kier alpha value is 0.273. The molecule has 0 bridgehead atoms. The maximum absolute atomic E-state index is 6.67. The van der Waals surface area contributed by atoms with E-state index >= 15 is 0 Å². The Kier molecular flexibility index (Phi) is 38.0. The van der Waals surface area contributed by atoms with E-state index in [-0.39, 0.29) is 103 Å². The molecule has 0 saturated carbocycles. The summed E-state index contributed by atoms with van der Waals surface area (Å²) in [6, 6.07) is 26.6. The van der Waals surface area contributed by atoms with Gasteiger partial charge in [0.25, 0.3) is 0 Å². The van der Waals surface area contributed by atoms with Gasteiger partial charge < -0.3 is 9.47 Å². The summed E-state index contributed by atoms with van der Waals surface area (Å²) in [5.74, 6) is 2.12. The zero-order chi connectivity index (χ0) is 42.0. The van der Waals surface area contributed by atoms with Crippen molar-refractivity contribution in [2.45, 2.75) is 232 Å². The summed E-state index contributed by atoms with van der Waals surface area (Å²) in [5, 5.41) is 4.94. The Morgan fingerprint density at radius 3 is 0.839 bits per heavy atom. The number of aryl methyl sites for hydroxylation is 2. The zero-order valence-corrected chi connectivity index (χ0v) is 39.2. The van der Waals surface area contributed by atoms with Crippen molar-refractivity contribution in [3.8, 4) is 11.5 Å². The van der Waals surface area contributed by atoms with E-state index in [1.165, 1.54) is 238 Å². The molecule has 4 aromatic carbocycles. The van der Waals surface area contributed by atoms with Gasteiger partial charge >= 0.3 is 103 Å². The van der Waals surface area contributed by atoms with E-state index in [1.807, 2.05) is 0 Å². The van der Waals surface area contributed by atoms with Crippen LogP contribution in [0.15, 0.2) is 72.8 Å². The molecule has 0 aliphatic rings. The van der Waals surface area contributed by atoms with E-state index in [4.69, 9.17) is 9.47 Å². The molecular weight excluding hydrogens is 807 g/mol. The maximum atomic E-state index is 6.67. The van der Waals surface area contributed by atoms with Gasteiger partial charge in [0.15, 0.2) is 0 Å². The van der Waals surface area contributed by atoms with Crippen molar-refractivity contribution in [2.75, 3.05) is 13.2 Å². The summed E-state index contributed by atoms with van der Waals surface area (Å²) in [7, 11) is 0. The van der Waals surface area contributed by atoms with Crippen LogP contribution in [0, 0.1) is 0 Å². The van der Waals surface area contributed by atoms with E-state index in [9.17, 15) is 0 Å². The number of rotatable bonds is 39. The van der Waals surface area contributed by atoms with Crippen LogP contribution in [0.4, 0.5) is 0 Å². The second-order valence-electron chi connectivity index (χ2n) is 18.4. The summed E-state index contributed by atoms with van der Waals surface area (Å²) in [5.41, 5.74) is 2.68. The molecule has 0 saturated heterocycles. The van der Waals surface area contributed by atoms with Gasteiger partial charge in [0.2, 0.25) is 0 Å². The molecule has 2 nitrogen and oxygen atoms in total. The van der Waals surface area contributed by atoms with Crippen molar-refractivity contribution < 1.29 is 9.47 Å². The van der Waals surface area contributed by atoms with Crippen LogP contribution in [-0.2, 0) is 12.8 Å². The number of hydrogen-bond acceptors (Lipinski definition) is 2. The topological polar surface area (TPSA) is 18.5 Å². The van der Waals surface area contributed by atoms with Gasteiger partial charge in [-0.3, -0.25) is 0 Å². The Labute approximate surface area is 468 Å². The predicted octanol–water partition coefficient (Wildman–Crippen LogP) is 17.8. The van der Waals surface area contributed by atoms with Crippen LogP contribution in [0.1, 0.15) is 230 Å². The minimum absolute atomic E-state index is 0. The molecule has 0 N–H and O–H groups in total. The Balaban J connectivity index is 0.00000661. The molecule has 4 aromatic rings. The molecule has 0 unspecified atom stereocenters. The molecule has 0 aliphatic heterocycles. The standard InChI is InChI=1S/C58H90O2.2K.2H/c1-3-5-7-9-11-13-15-17-19-21-23-25-27-29-31-33-41-53-47-45-51-39-35-37-43-55(51)57(53)59-49-50-60-58-54(48-46-52-40-36-38-44-56(52)58)42-34-32-30-28-26-24-22-20-18-16-14-12-10-8-6-4-2;;;;/h35-40,43-48H,3-34,41-42,49-50H2,1-2H3;;;;. The van der Waals surface area contributed by atoms with Gasteiger partial charge in [-0.2, -0.15) is 0 Å². The molecule has 4 rings (SSSR count). The normalized spacial score (nSPS) is 11.2. The quantitative estimate of drug-likeness (QED) is 0.0328. The molecular formula is C58H92K2O2. The molecule has 4 heteroatoms. The minimum atomic E-state index is 0. The van der Waals surface area contributed by atoms with Crippen LogP contribution in [0.25, 0.3) is 21.5 Å². The van der Waals surface area contributed by atoms with Crippen LogP contribution in [0.3, 0.4) is 0 Å². The third kappa shape index (κ3) is 25.4. The van der Waals surface area contributed by atoms with Gasteiger partial charge in [0.1, 0.15) is 24.7 Å². The first kappa shape index (κ1) is 58.4. The van der Waals surface area contributed by atoms with Gasteiger partial charge in [-0.05, 0) is 47.6 Å². The monoisotopic (exact) mass is 899 g/mol. The van der Waals surface area contributed by atoms with Gasteiger partial charge in [-0.15, -0.1) is 0 Å². The van der Waals surface area contributed by atoms with Crippen molar-refractivity contribution in [2.24, 2.45) is 0 Å². The molecule has 0 aliphatic carbocycles. The Morgan fingerprint density at radius 2 is 0.548 bits per heavy atom. The fourth-order valence-corrected chi connectivity index (χ4v) is 9.33. The van der Waals surface area contributed by atoms with Crippen LogP contribution in [0.5, 0.6) is 11.5 Å². The number of benzene rings is 4. The first-order valence-corrected chi connectivity index (χ1v) is 26.1. The molecule has 0 atom stereocenters. The van der Waals surface area contributed by atoms with E-state index in [1.54, 1.807) is 0 Å². The van der Waals surface area contributed by atoms with Crippen molar-refractivity contribution in [1.29, 1.82) is 0 Å². The van der Waals surface area contributed by atoms with Crippen molar-refractivity contribution in [3.63, 3.8) is 0 Å². The number of ether oxygens (including phenoxy) is 2. The number of fused-ring (bicyclic) bond motifs is 2.